The molecule has 0 heterocycles. The predicted octanol–water partition coefficient (Wildman–Crippen LogP) is 3.62. The Bertz CT molecular complexity index is 568. The zero-order chi connectivity index (χ0) is 13.1. The SMILES string of the molecule is Cc1ccc(I)cc1NCc1cccc(O)c1O. The number of aryl methyl sites for hydroxylation is 1. The summed E-state index contributed by atoms with van der Waals surface area (Å²) in [4.78, 5) is 0. The first kappa shape index (κ1) is 13.0. The number of phenols is 2. The highest BCUT2D eigenvalue weighted by Gasteiger charge is 2.06. The highest BCUT2D eigenvalue weighted by Crippen LogP contribution is 2.29. The van der Waals surface area contributed by atoms with E-state index in [-0.39, 0.29) is 11.5 Å². The van der Waals surface area contributed by atoms with Crippen LogP contribution < -0.4 is 5.32 Å². The number of anilines is 1. The summed E-state index contributed by atoms with van der Waals surface area (Å²) >= 11 is 2.26. The lowest BCUT2D eigenvalue weighted by Gasteiger charge is -2.11. The molecule has 0 fully saturated rings. The molecule has 4 heteroatoms. The minimum Gasteiger partial charge on any atom is -0.504 e. The van der Waals surface area contributed by atoms with E-state index in [1.54, 1.807) is 12.1 Å². The van der Waals surface area contributed by atoms with Gasteiger partial charge in [0.2, 0.25) is 0 Å². The second-order valence-corrected chi connectivity index (χ2v) is 5.34. The summed E-state index contributed by atoms with van der Waals surface area (Å²) in [6.45, 7) is 2.50. The molecule has 2 aromatic rings. The number of phenolic OH excluding ortho intramolecular Hbond substituents is 2. The Morgan fingerprint density at radius 2 is 1.94 bits per heavy atom. The van der Waals surface area contributed by atoms with E-state index in [1.807, 2.05) is 19.1 Å². The Labute approximate surface area is 120 Å². The summed E-state index contributed by atoms with van der Waals surface area (Å²) in [5, 5.41) is 22.4. The van der Waals surface area contributed by atoms with Crippen LogP contribution in [0.25, 0.3) is 0 Å². The van der Waals surface area contributed by atoms with Gasteiger partial charge in [0.05, 0.1) is 0 Å². The van der Waals surface area contributed by atoms with Gasteiger partial charge in [-0.2, -0.15) is 0 Å². The van der Waals surface area contributed by atoms with Crippen molar-refractivity contribution >= 4 is 28.3 Å². The molecule has 0 radical (unpaired) electrons. The van der Waals surface area contributed by atoms with E-state index in [4.69, 9.17) is 0 Å². The Morgan fingerprint density at radius 1 is 1.17 bits per heavy atom. The molecular weight excluding hydrogens is 341 g/mol. The summed E-state index contributed by atoms with van der Waals surface area (Å²) in [7, 11) is 0. The molecular formula is C14H14INO2. The minimum absolute atomic E-state index is 0.0618. The minimum atomic E-state index is -0.0892. The van der Waals surface area contributed by atoms with E-state index < -0.39 is 0 Å². The van der Waals surface area contributed by atoms with Gasteiger partial charge in [-0.25, -0.2) is 0 Å². The van der Waals surface area contributed by atoms with Gasteiger partial charge in [-0.1, -0.05) is 18.2 Å². The second kappa shape index (κ2) is 5.48. The maximum atomic E-state index is 9.71. The molecule has 94 valence electrons. The smallest absolute Gasteiger partial charge is 0.162 e. The number of rotatable bonds is 3. The molecule has 2 rings (SSSR count). The third kappa shape index (κ3) is 2.87. The van der Waals surface area contributed by atoms with Gasteiger partial charge in [0.25, 0.3) is 0 Å². The summed E-state index contributed by atoms with van der Waals surface area (Å²) in [5.41, 5.74) is 2.85. The van der Waals surface area contributed by atoms with Gasteiger partial charge in [0.1, 0.15) is 0 Å². The average molecular weight is 355 g/mol. The molecule has 0 saturated heterocycles. The normalized spacial score (nSPS) is 10.3. The number of hydrogen-bond acceptors (Lipinski definition) is 3. The first-order chi connectivity index (χ1) is 8.58. The molecule has 18 heavy (non-hydrogen) atoms. The fourth-order valence-electron chi connectivity index (χ4n) is 1.70. The van der Waals surface area contributed by atoms with E-state index in [9.17, 15) is 10.2 Å². The van der Waals surface area contributed by atoms with E-state index in [2.05, 4.69) is 34.0 Å². The summed E-state index contributed by atoms with van der Waals surface area (Å²) < 4.78 is 1.15. The highest BCUT2D eigenvalue weighted by molar-refractivity contribution is 14.1. The fourth-order valence-corrected chi connectivity index (χ4v) is 2.19. The van der Waals surface area contributed by atoms with Crippen molar-refractivity contribution in [2.75, 3.05) is 5.32 Å². The van der Waals surface area contributed by atoms with Crippen molar-refractivity contribution in [3.8, 4) is 11.5 Å². The van der Waals surface area contributed by atoms with Crippen LogP contribution in [0.4, 0.5) is 5.69 Å². The topological polar surface area (TPSA) is 52.5 Å². The molecule has 2 aromatic carbocycles. The van der Waals surface area contributed by atoms with Gasteiger partial charge in [0, 0.05) is 21.4 Å². The molecule has 0 aromatic heterocycles. The molecule has 0 atom stereocenters. The van der Waals surface area contributed by atoms with Gasteiger partial charge in [-0.05, 0) is 53.3 Å². The average Bonchev–Trinajstić information content (AvgIpc) is 2.35. The van der Waals surface area contributed by atoms with Crippen molar-refractivity contribution in [2.24, 2.45) is 0 Å². The van der Waals surface area contributed by atoms with Crippen molar-refractivity contribution in [1.82, 2.24) is 0 Å². The van der Waals surface area contributed by atoms with Gasteiger partial charge >= 0.3 is 0 Å². The van der Waals surface area contributed by atoms with E-state index in [1.165, 1.54) is 6.07 Å². The fraction of sp³-hybridized carbons (Fsp3) is 0.143. The number of aromatic hydroxyl groups is 2. The number of nitrogens with one attached hydrogen (secondary N) is 1. The Morgan fingerprint density at radius 3 is 2.72 bits per heavy atom. The maximum Gasteiger partial charge on any atom is 0.162 e. The molecule has 0 amide bonds. The third-order valence-electron chi connectivity index (χ3n) is 2.77. The molecule has 0 unspecified atom stereocenters. The standard InChI is InChI=1S/C14H14INO2/c1-9-5-6-11(15)7-12(9)16-8-10-3-2-4-13(17)14(10)18/h2-7,16-18H,8H2,1H3. The van der Waals surface area contributed by atoms with Gasteiger partial charge < -0.3 is 15.5 Å². The first-order valence-electron chi connectivity index (χ1n) is 5.58. The molecule has 0 aliphatic heterocycles. The van der Waals surface area contributed by atoms with Crippen molar-refractivity contribution in [3.63, 3.8) is 0 Å². The zero-order valence-electron chi connectivity index (χ0n) is 9.94. The number of para-hydroxylation sites is 1. The van der Waals surface area contributed by atoms with Gasteiger partial charge in [0.15, 0.2) is 11.5 Å². The third-order valence-corrected chi connectivity index (χ3v) is 3.44. The van der Waals surface area contributed by atoms with Crippen LogP contribution in [-0.4, -0.2) is 10.2 Å². The Kier molecular flexibility index (Phi) is 3.96. The van der Waals surface area contributed by atoms with Gasteiger partial charge in [-0.3, -0.25) is 0 Å². The molecule has 0 saturated carbocycles. The van der Waals surface area contributed by atoms with Crippen LogP contribution in [0.5, 0.6) is 11.5 Å². The molecule has 0 aliphatic carbocycles. The largest absolute Gasteiger partial charge is 0.504 e. The van der Waals surface area contributed by atoms with Crippen LogP contribution in [0.3, 0.4) is 0 Å². The Balaban J connectivity index is 2.16. The summed E-state index contributed by atoms with van der Waals surface area (Å²) in [6.07, 6.45) is 0. The molecule has 3 N–H and O–H groups in total. The molecule has 3 nitrogen and oxygen atoms in total. The highest BCUT2D eigenvalue weighted by atomic mass is 127. The van der Waals surface area contributed by atoms with E-state index in [0.29, 0.717) is 12.1 Å². The first-order valence-corrected chi connectivity index (χ1v) is 6.65. The van der Waals surface area contributed by atoms with Crippen LogP contribution in [0, 0.1) is 10.5 Å². The number of benzene rings is 2. The summed E-state index contributed by atoms with van der Waals surface area (Å²) in [5.74, 6) is -0.151. The van der Waals surface area contributed by atoms with Crippen LogP contribution in [-0.2, 0) is 6.54 Å². The molecule has 0 aliphatic rings. The van der Waals surface area contributed by atoms with Crippen LogP contribution >= 0.6 is 22.6 Å². The quantitative estimate of drug-likeness (QED) is 0.582. The zero-order valence-corrected chi connectivity index (χ0v) is 12.1. The van der Waals surface area contributed by atoms with Crippen molar-refractivity contribution < 1.29 is 10.2 Å². The van der Waals surface area contributed by atoms with Crippen molar-refractivity contribution in [2.45, 2.75) is 13.5 Å². The molecule has 0 spiro atoms. The lowest BCUT2D eigenvalue weighted by Crippen LogP contribution is -2.01. The Hall–Kier alpha value is -1.43. The lowest BCUT2D eigenvalue weighted by molar-refractivity contribution is 0.400. The van der Waals surface area contributed by atoms with E-state index in [0.717, 1.165) is 14.8 Å². The van der Waals surface area contributed by atoms with Crippen LogP contribution in [0.1, 0.15) is 11.1 Å². The van der Waals surface area contributed by atoms with Crippen LogP contribution in [0.2, 0.25) is 0 Å². The van der Waals surface area contributed by atoms with Crippen molar-refractivity contribution in [3.05, 3.63) is 51.1 Å². The monoisotopic (exact) mass is 355 g/mol. The van der Waals surface area contributed by atoms with E-state index >= 15 is 0 Å². The van der Waals surface area contributed by atoms with Crippen LogP contribution in [0.15, 0.2) is 36.4 Å². The lowest BCUT2D eigenvalue weighted by atomic mass is 10.1. The summed E-state index contributed by atoms with van der Waals surface area (Å²) in [6, 6.07) is 11.1. The predicted molar refractivity (Wildman–Crippen MR) is 81.0 cm³/mol. The second-order valence-electron chi connectivity index (χ2n) is 4.10. The molecule has 0 bridgehead atoms. The number of hydrogen-bond donors (Lipinski definition) is 3. The number of halogens is 1. The van der Waals surface area contributed by atoms with Crippen molar-refractivity contribution in [1.29, 1.82) is 0 Å². The van der Waals surface area contributed by atoms with Gasteiger partial charge in [-0.15, -0.1) is 0 Å². The maximum absolute atomic E-state index is 9.71.